The molecule has 3 rings (SSSR count). The maximum Gasteiger partial charge on any atom is 0.227 e. The Balaban J connectivity index is 0.00000208. The molecule has 2 aromatic rings. The lowest BCUT2D eigenvalue weighted by Crippen LogP contribution is -2.49. The van der Waals surface area contributed by atoms with Crippen LogP contribution < -0.4 is 10.1 Å². The van der Waals surface area contributed by atoms with Crippen LogP contribution in [0, 0.1) is 0 Å². The molecule has 0 aliphatic carbocycles. The molecular weight excluding hydrogens is 326 g/mol. The molecule has 0 bridgehead atoms. The summed E-state index contributed by atoms with van der Waals surface area (Å²) in [5.74, 6) is 0.941. The summed E-state index contributed by atoms with van der Waals surface area (Å²) in [5, 5.41) is 3.37. The van der Waals surface area contributed by atoms with E-state index in [1.54, 1.807) is 19.5 Å². The highest BCUT2D eigenvalue weighted by Crippen LogP contribution is 2.30. The van der Waals surface area contributed by atoms with Crippen LogP contribution in [0.25, 0.3) is 0 Å². The summed E-state index contributed by atoms with van der Waals surface area (Å²) in [6, 6.07) is 11.7. The van der Waals surface area contributed by atoms with Crippen molar-refractivity contribution in [2.24, 2.45) is 0 Å². The van der Waals surface area contributed by atoms with Crippen molar-refractivity contribution in [1.82, 2.24) is 15.2 Å². The number of pyridine rings is 1. The van der Waals surface area contributed by atoms with Gasteiger partial charge in [-0.05, 0) is 17.7 Å². The van der Waals surface area contributed by atoms with Crippen molar-refractivity contribution in [3.05, 3.63) is 59.9 Å². The molecule has 2 heterocycles. The minimum absolute atomic E-state index is 0. The highest BCUT2D eigenvalue weighted by Gasteiger charge is 2.29. The van der Waals surface area contributed by atoms with E-state index >= 15 is 0 Å². The number of ether oxygens (including phenoxy) is 1. The summed E-state index contributed by atoms with van der Waals surface area (Å²) in [4.78, 5) is 18.8. The van der Waals surface area contributed by atoms with Gasteiger partial charge < -0.3 is 15.0 Å². The molecule has 5 nitrogen and oxygen atoms in total. The second kappa shape index (κ2) is 8.66. The minimum atomic E-state index is -0.0101. The highest BCUT2D eigenvalue weighted by molar-refractivity contribution is 5.85. The van der Waals surface area contributed by atoms with Gasteiger partial charge in [0.15, 0.2) is 0 Å². The van der Waals surface area contributed by atoms with Crippen LogP contribution in [0.2, 0.25) is 0 Å². The Morgan fingerprint density at radius 2 is 2.17 bits per heavy atom. The molecule has 1 saturated heterocycles. The van der Waals surface area contributed by atoms with Crippen LogP contribution >= 0.6 is 12.4 Å². The number of para-hydroxylation sites is 1. The van der Waals surface area contributed by atoms with E-state index in [2.05, 4.69) is 10.3 Å². The Morgan fingerprint density at radius 3 is 2.92 bits per heavy atom. The summed E-state index contributed by atoms with van der Waals surface area (Å²) in [7, 11) is 1.66. The average Bonchev–Trinajstić information content (AvgIpc) is 2.62. The van der Waals surface area contributed by atoms with Gasteiger partial charge in [-0.3, -0.25) is 9.78 Å². The molecule has 1 N–H and O–H groups in total. The zero-order valence-electron chi connectivity index (χ0n) is 13.6. The molecule has 128 valence electrons. The summed E-state index contributed by atoms with van der Waals surface area (Å²) >= 11 is 0. The monoisotopic (exact) mass is 347 g/mol. The zero-order valence-corrected chi connectivity index (χ0v) is 14.5. The predicted molar refractivity (Wildman–Crippen MR) is 95.5 cm³/mol. The van der Waals surface area contributed by atoms with Crippen molar-refractivity contribution < 1.29 is 9.53 Å². The van der Waals surface area contributed by atoms with Crippen molar-refractivity contribution >= 4 is 18.3 Å². The summed E-state index contributed by atoms with van der Waals surface area (Å²) in [6.07, 6.45) is 3.84. The van der Waals surface area contributed by atoms with E-state index in [4.69, 9.17) is 4.74 Å². The van der Waals surface area contributed by atoms with E-state index in [0.717, 1.165) is 30.0 Å². The first-order chi connectivity index (χ1) is 11.3. The SMILES string of the molecule is COc1ccccc1C1CNCCN1C(=O)Cc1cccnc1.Cl. The molecule has 1 aromatic heterocycles. The van der Waals surface area contributed by atoms with Gasteiger partial charge in [0.05, 0.1) is 19.6 Å². The quantitative estimate of drug-likeness (QED) is 0.921. The molecule has 1 aliphatic rings. The average molecular weight is 348 g/mol. The van der Waals surface area contributed by atoms with Gasteiger partial charge >= 0.3 is 0 Å². The molecule has 0 spiro atoms. The fraction of sp³-hybridized carbons (Fsp3) is 0.333. The number of benzene rings is 1. The summed E-state index contributed by atoms with van der Waals surface area (Å²) in [6.45, 7) is 2.24. The standard InChI is InChI=1S/C18H21N3O2.ClH/c1-23-17-7-3-2-6-15(17)16-13-20-9-10-21(16)18(22)11-14-5-4-8-19-12-14;/h2-8,12,16,20H,9-11,13H2,1H3;1H. The van der Waals surface area contributed by atoms with Gasteiger partial charge in [0, 0.05) is 37.6 Å². The molecule has 1 aromatic carbocycles. The minimum Gasteiger partial charge on any atom is -0.496 e. The van der Waals surface area contributed by atoms with Crippen LogP contribution in [0.1, 0.15) is 17.2 Å². The van der Waals surface area contributed by atoms with Gasteiger partial charge in [0.2, 0.25) is 5.91 Å². The topological polar surface area (TPSA) is 54.5 Å². The Labute approximate surface area is 148 Å². The van der Waals surface area contributed by atoms with Crippen molar-refractivity contribution in [3.8, 4) is 5.75 Å². The number of carbonyl (C=O) groups is 1. The Bertz CT molecular complexity index is 666. The number of aromatic nitrogens is 1. The van der Waals surface area contributed by atoms with E-state index in [1.807, 2.05) is 41.3 Å². The summed E-state index contributed by atoms with van der Waals surface area (Å²) in [5.41, 5.74) is 1.98. The second-order valence-corrected chi connectivity index (χ2v) is 5.59. The lowest BCUT2D eigenvalue weighted by atomic mass is 10.0. The Kier molecular flexibility index (Phi) is 6.58. The van der Waals surface area contributed by atoms with Crippen molar-refractivity contribution in [3.63, 3.8) is 0 Å². The maximum absolute atomic E-state index is 12.8. The highest BCUT2D eigenvalue weighted by atomic mass is 35.5. The molecule has 0 saturated carbocycles. The van der Waals surface area contributed by atoms with Gasteiger partial charge in [-0.15, -0.1) is 12.4 Å². The van der Waals surface area contributed by atoms with E-state index in [1.165, 1.54) is 0 Å². The number of hydrogen-bond donors (Lipinski definition) is 1. The fourth-order valence-electron chi connectivity index (χ4n) is 3.00. The number of halogens is 1. The number of amides is 1. The number of carbonyl (C=O) groups excluding carboxylic acids is 1. The molecule has 1 atom stereocenters. The third-order valence-electron chi connectivity index (χ3n) is 4.14. The second-order valence-electron chi connectivity index (χ2n) is 5.59. The van der Waals surface area contributed by atoms with E-state index in [0.29, 0.717) is 13.0 Å². The fourth-order valence-corrected chi connectivity index (χ4v) is 3.00. The van der Waals surface area contributed by atoms with Crippen molar-refractivity contribution in [1.29, 1.82) is 0 Å². The summed E-state index contributed by atoms with van der Waals surface area (Å²) < 4.78 is 5.47. The van der Waals surface area contributed by atoms with Crippen LogP contribution in [-0.2, 0) is 11.2 Å². The third-order valence-corrected chi connectivity index (χ3v) is 4.14. The third kappa shape index (κ3) is 4.04. The van der Waals surface area contributed by atoms with Crippen LogP contribution in [0.4, 0.5) is 0 Å². The normalized spacial score (nSPS) is 17.0. The lowest BCUT2D eigenvalue weighted by Gasteiger charge is -2.37. The van der Waals surface area contributed by atoms with Crippen LogP contribution in [-0.4, -0.2) is 42.5 Å². The number of rotatable bonds is 4. The molecule has 6 heteroatoms. The largest absolute Gasteiger partial charge is 0.496 e. The molecule has 24 heavy (non-hydrogen) atoms. The Morgan fingerprint density at radius 1 is 1.33 bits per heavy atom. The first-order valence-electron chi connectivity index (χ1n) is 7.81. The number of nitrogens with zero attached hydrogens (tertiary/aromatic N) is 2. The number of piperazine rings is 1. The molecule has 1 amide bonds. The maximum atomic E-state index is 12.8. The van der Waals surface area contributed by atoms with Crippen molar-refractivity contribution in [2.45, 2.75) is 12.5 Å². The van der Waals surface area contributed by atoms with Crippen LogP contribution in [0.5, 0.6) is 5.75 Å². The first-order valence-corrected chi connectivity index (χ1v) is 7.81. The van der Waals surface area contributed by atoms with Crippen molar-refractivity contribution in [2.75, 3.05) is 26.7 Å². The molecular formula is C18H22ClN3O2. The van der Waals surface area contributed by atoms with E-state index < -0.39 is 0 Å². The first kappa shape index (κ1) is 18.2. The van der Waals surface area contributed by atoms with Gasteiger partial charge in [-0.2, -0.15) is 0 Å². The lowest BCUT2D eigenvalue weighted by molar-refractivity contribution is -0.133. The van der Waals surface area contributed by atoms with E-state index in [9.17, 15) is 4.79 Å². The van der Waals surface area contributed by atoms with Gasteiger partial charge in [-0.1, -0.05) is 24.3 Å². The van der Waals surface area contributed by atoms with Crippen LogP contribution in [0.15, 0.2) is 48.8 Å². The van der Waals surface area contributed by atoms with E-state index in [-0.39, 0.29) is 24.4 Å². The number of methoxy groups -OCH3 is 1. The van der Waals surface area contributed by atoms with Gasteiger partial charge in [-0.25, -0.2) is 0 Å². The molecule has 1 unspecified atom stereocenters. The zero-order chi connectivity index (χ0) is 16.1. The molecule has 0 radical (unpaired) electrons. The number of hydrogen-bond acceptors (Lipinski definition) is 4. The van der Waals surface area contributed by atoms with Gasteiger partial charge in [0.25, 0.3) is 0 Å². The molecule has 1 aliphatic heterocycles. The van der Waals surface area contributed by atoms with Gasteiger partial charge in [0.1, 0.15) is 5.75 Å². The predicted octanol–water partition coefficient (Wildman–Crippen LogP) is 2.23. The smallest absolute Gasteiger partial charge is 0.227 e. The Hall–Kier alpha value is -2.11. The molecule has 1 fully saturated rings. The van der Waals surface area contributed by atoms with Crippen LogP contribution in [0.3, 0.4) is 0 Å². The number of nitrogens with one attached hydrogen (secondary N) is 1.